The molecule has 6 nitrogen and oxygen atoms in total. The number of halogens is 1. The summed E-state index contributed by atoms with van der Waals surface area (Å²) < 4.78 is 10.0. The van der Waals surface area contributed by atoms with Crippen LogP contribution in [0.4, 0.5) is 0 Å². The molecule has 0 unspecified atom stereocenters. The van der Waals surface area contributed by atoms with E-state index in [1.165, 1.54) is 5.56 Å². The monoisotopic (exact) mass is 410 g/mol. The zero-order valence-corrected chi connectivity index (χ0v) is 17.1. The Balaban J connectivity index is 1.38. The Labute approximate surface area is 174 Å². The van der Waals surface area contributed by atoms with Crippen LogP contribution in [0.1, 0.15) is 34.6 Å². The lowest BCUT2D eigenvalue weighted by Gasteiger charge is -2.43. The lowest BCUT2D eigenvalue weighted by Crippen LogP contribution is -2.48. The number of hydrogen-bond donors (Lipinski definition) is 0. The summed E-state index contributed by atoms with van der Waals surface area (Å²) in [6.45, 7) is 1.97. The van der Waals surface area contributed by atoms with E-state index in [4.69, 9.17) is 21.4 Å². The van der Waals surface area contributed by atoms with Crippen molar-refractivity contribution in [3.63, 3.8) is 0 Å². The molecule has 0 N–H and O–H groups in total. The molecule has 2 aromatic heterocycles. The molecule has 4 heterocycles. The van der Waals surface area contributed by atoms with Crippen LogP contribution in [0.15, 0.2) is 48.8 Å². The molecular formula is C22H23ClN4O2. The molecule has 0 saturated carbocycles. The number of piperidine rings is 1. The van der Waals surface area contributed by atoms with Gasteiger partial charge in [0, 0.05) is 32.5 Å². The Bertz CT molecular complexity index is 1050. The fraction of sp³-hybridized carbons (Fsp3) is 0.364. The second kappa shape index (κ2) is 7.04. The van der Waals surface area contributed by atoms with Gasteiger partial charge in [-0.3, -0.25) is 4.79 Å². The fourth-order valence-electron chi connectivity index (χ4n) is 4.46. The zero-order chi connectivity index (χ0) is 20.0. The summed E-state index contributed by atoms with van der Waals surface area (Å²) in [6, 6.07) is 11.9. The van der Waals surface area contributed by atoms with Gasteiger partial charge in [0.25, 0.3) is 5.91 Å². The van der Waals surface area contributed by atoms with E-state index in [0.717, 1.165) is 30.6 Å². The number of para-hydroxylation sites is 1. The van der Waals surface area contributed by atoms with Crippen LogP contribution in [0.3, 0.4) is 0 Å². The van der Waals surface area contributed by atoms with E-state index in [2.05, 4.69) is 18.3 Å². The van der Waals surface area contributed by atoms with Crippen molar-refractivity contribution < 1.29 is 9.53 Å². The van der Waals surface area contributed by atoms with Gasteiger partial charge in [-0.2, -0.15) is 5.10 Å². The van der Waals surface area contributed by atoms with Crippen LogP contribution in [0.25, 0.3) is 5.69 Å². The molecule has 0 atom stereocenters. The number of aromatic nitrogens is 3. The molecule has 29 heavy (non-hydrogen) atoms. The van der Waals surface area contributed by atoms with Crippen LogP contribution in [0, 0.1) is 0 Å². The highest BCUT2D eigenvalue weighted by atomic mass is 35.5. The minimum atomic E-state index is -0.407. The molecule has 3 aromatic rings. The number of likely N-dealkylation sites (tertiary alicyclic amines) is 1. The molecule has 1 aromatic carbocycles. The quantitative estimate of drug-likeness (QED) is 0.649. The van der Waals surface area contributed by atoms with Crippen molar-refractivity contribution in [2.24, 2.45) is 7.05 Å². The number of amides is 1. The van der Waals surface area contributed by atoms with Crippen molar-refractivity contribution in [1.82, 2.24) is 19.2 Å². The Hall–Kier alpha value is -2.57. The van der Waals surface area contributed by atoms with Gasteiger partial charge in [-0.05, 0) is 43.0 Å². The highest BCUT2D eigenvalue weighted by Gasteiger charge is 2.44. The summed E-state index contributed by atoms with van der Waals surface area (Å²) in [5.74, 6) is 0.0140. The lowest BCUT2D eigenvalue weighted by atomic mass is 9.83. The van der Waals surface area contributed by atoms with Gasteiger partial charge in [0.2, 0.25) is 0 Å². The van der Waals surface area contributed by atoms with Gasteiger partial charge in [0.05, 0.1) is 23.0 Å². The minimum absolute atomic E-state index is 0.0140. The van der Waals surface area contributed by atoms with Crippen molar-refractivity contribution in [2.75, 3.05) is 19.7 Å². The summed E-state index contributed by atoms with van der Waals surface area (Å²) in [7, 11) is 1.84. The zero-order valence-electron chi connectivity index (χ0n) is 16.3. The summed E-state index contributed by atoms with van der Waals surface area (Å²) in [5.41, 5.74) is 3.53. The van der Waals surface area contributed by atoms with E-state index in [0.29, 0.717) is 30.4 Å². The molecule has 1 fully saturated rings. The van der Waals surface area contributed by atoms with Gasteiger partial charge >= 0.3 is 0 Å². The Kier molecular flexibility index (Phi) is 4.48. The smallest absolute Gasteiger partial charge is 0.270 e. The van der Waals surface area contributed by atoms with Gasteiger partial charge in [0.15, 0.2) is 0 Å². The van der Waals surface area contributed by atoms with Gasteiger partial charge in [-0.1, -0.05) is 29.8 Å². The summed E-state index contributed by atoms with van der Waals surface area (Å²) in [5, 5.41) is 5.49. The van der Waals surface area contributed by atoms with Crippen LogP contribution in [-0.4, -0.2) is 44.9 Å². The normalized spacial score (nSPS) is 18.1. The van der Waals surface area contributed by atoms with E-state index < -0.39 is 5.60 Å². The predicted octanol–water partition coefficient (Wildman–Crippen LogP) is 3.57. The third-order valence-electron chi connectivity index (χ3n) is 6.04. The molecule has 1 saturated heterocycles. The second-order valence-electron chi connectivity index (χ2n) is 7.82. The first kappa shape index (κ1) is 18.5. The maximum absolute atomic E-state index is 12.9. The predicted molar refractivity (Wildman–Crippen MR) is 110 cm³/mol. The first-order valence-corrected chi connectivity index (χ1v) is 10.3. The second-order valence-corrected chi connectivity index (χ2v) is 8.26. The first-order valence-electron chi connectivity index (χ1n) is 9.95. The van der Waals surface area contributed by atoms with Crippen LogP contribution in [-0.2, 0) is 23.8 Å². The average molecular weight is 411 g/mol. The minimum Gasteiger partial charge on any atom is -0.368 e. The Morgan fingerprint density at radius 1 is 1.17 bits per heavy atom. The molecule has 2 aliphatic rings. The number of benzene rings is 1. The van der Waals surface area contributed by atoms with Crippen molar-refractivity contribution in [2.45, 2.75) is 24.9 Å². The molecule has 0 bridgehead atoms. The number of carbonyl (C=O) groups is 1. The van der Waals surface area contributed by atoms with Crippen molar-refractivity contribution in [1.29, 1.82) is 0 Å². The first-order chi connectivity index (χ1) is 14.1. The van der Waals surface area contributed by atoms with E-state index >= 15 is 0 Å². The third-order valence-corrected chi connectivity index (χ3v) is 6.25. The highest BCUT2D eigenvalue weighted by molar-refractivity contribution is 6.31. The van der Waals surface area contributed by atoms with Gasteiger partial charge in [0.1, 0.15) is 11.3 Å². The fourth-order valence-corrected chi connectivity index (χ4v) is 4.71. The molecule has 2 aliphatic heterocycles. The molecular weight excluding hydrogens is 388 g/mol. The third kappa shape index (κ3) is 3.16. The van der Waals surface area contributed by atoms with Crippen LogP contribution < -0.4 is 0 Å². The number of aryl methyl sites for hydroxylation is 1. The van der Waals surface area contributed by atoms with Gasteiger partial charge in [-0.25, -0.2) is 4.68 Å². The Morgan fingerprint density at radius 2 is 1.93 bits per heavy atom. The largest absolute Gasteiger partial charge is 0.368 e. The maximum atomic E-state index is 12.9. The number of ether oxygens (including phenoxy) is 1. The molecule has 1 spiro atoms. The SMILES string of the molecule is Cn1cc(Cl)cc1C(=O)N1CCC2(CC1)OCCc1cn(-c3ccccc3)nc12. The van der Waals surface area contributed by atoms with E-state index in [1.807, 2.05) is 34.8 Å². The van der Waals surface area contributed by atoms with Gasteiger partial charge in [-0.15, -0.1) is 0 Å². The molecule has 7 heteroatoms. The summed E-state index contributed by atoms with van der Waals surface area (Å²) in [6.07, 6.45) is 6.24. The number of hydrogen-bond acceptors (Lipinski definition) is 3. The van der Waals surface area contributed by atoms with Crippen molar-refractivity contribution >= 4 is 17.5 Å². The summed E-state index contributed by atoms with van der Waals surface area (Å²) >= 11 is 6.05. The topological polar surface area (TPSA) is 52.3 Å². The van der Waals surface area contributed by atoms with Crippen LogP contribution >= 0.6 is 11.6 Å². The van der Waals surface area contributed by atoms with Gasteiger partial charge < -0.3 is 14.2 Å². The molecule has 0 aliphatic carbocycles. The standard InChI is InChI=1S/C22H23ClN4O2/c1-25-15-17(23)13-19(25)21(28)26-10-8-22(9-11-26)20-16(7-12-29-22)14-27(24-20)18-5-3-2-4-6-18/h2-6,13-15H,7-12H2,1H3. The maximum Gasteiger partial charge on any atom is 0.270 e. The molecule has 5 rings (SSSR count). The van der Waals surface area contributed by atoms with Crippen molar-refractivity contribution in [3.05, 3.63) is 70.8 Å². The van der Waals surface area contributed by atoms with Crippen molar-refractivity contribution in [3.8, 4) is 5.69 Å². The van der Waals surface area contributed by atoms with E-state index in [9.17, 15) is 4.79 Å². The van der Waals surface area contributed by atoms with Crippen LogP contribution in [0.5, 0.6) is 0 Å². The van der Waals surface area contributed by atoms with E-state index in [-0.39, 0.29) is 5.91 Å². The highest BCUT2D eigenvalue weighted by Crippen LogP contribution is 2.41. The summed E-state index contributed by atoms with van der Waals surface area (Å²) in [4.78, 5) is 14.8. The number of rotatable bonds is 2. The van der Waals surface area contributed by atoms with Crippen LogP contribution in [0.2, 0.25) is 5.02 Å². The molecule has 1 amide bonds. The Morgan fingerprint density at radius 3 is 2.62 bits per heavy atom. The number of nitrogens with zero attached hydrogens (tertiary/aromatic N) is 4. The lowest BCUT2D eigenvalue weighted by molar-refractivity contribution is -0.0964. The molecule has 150 valence electrons. The average Bonchev–Trinajstić information content (AvgIpc) is 3.33. The number of fused-ring (bicyclic) bond motifs is 2. The van der Waals surface area contributed by atoms with E-state index in [1.54, 1.807) is 16.8 Å². The number of carbonyl (C=O) groups excluding carboxylic acids is 1. The molecule has 0 radical (unpaired) electrons.